The largest absolute Gasteiger partial charge is 0.396 e. The number of hydrogen-bond donors (Lipinski definition) is 2. The number of hydrogen-bond acceptors (Lipinski definition) is 2. The zero-order chi connectivity index (χ0) is 9.97. The molecule has 0 saturated carbocycles. The Hall–Kier alpha value is -0.860. The van der Waals surface area contributed by atoms with Gasteiger partial charge in [0.25, 0.3) is 0 Å². The van der Waals surface area contributed by atoms with Gasteiger partial charge in [-0.2, -0.15) is 0 Å². The lowest BCUT2D eigenvalue weighted by Gasteiger charge is -2.18. The molecule has 1 aliphatic rings. The lowest BCUT2D eigenvalue weighted by Crippen LogP contribution is -2.15. The van der Waals surface area contributed by atoms with E-state index in [2.05, 4.69) is 36.5 Å². The number of nitrogens with one attached hydrogen (secondary N) is 1. The average Bonchev–Trinajstić information content (AvgIpc) is 2.66. The molecule has 2 nitrogen and oxygen atoms in total. The van der Waals surface area contributed by atoms with Gasteiger partial charge in [-0.15, -0.1) is 0 Å². The first-order valence-electron chi connectivity index (χ1n) is 5.20. The summed E-state index contributed by atoms with van der Waals surface area (Å²) in [5, 5.41) is 12.6. The van der Waals surface area contributed by atoms with E-state index in [0.717, 1.165) is 13.1 Å². The van der Waals surface area contributed by atoms with Crippen LogP contribution >= 0.6 is 0 Å². The maximum absolute atomic E-state index is 9.25. The fourth-order valence-corrected chi connectivity index (χ4v) is 2.29. The summed E-state index contributed by atoms with van der Waals surface area (Å²) < 4.78 is 0. The van der Waals surface area contributed by atoms with Crippen molar-refractivity contribution in [1.82, 2.24) is 5.32 Å². The molecule has 1 saturated heterocycles. The fourth-order valence-electron chi connectivity index (χ4n) is 2.29. The summed E-state index contributed by atoms with van der Waals surface area (Å²) in [7, 11) is 0. The number of aliphatic hydroxyl groups excluding tert-OH is 1. The third-order valence-corrected chi connectivity index (χ3v) is 3.16. The zero-order valence-corrected chi connectivity index (χ0v) is 8.53. The highest BCUT2D eigenvalue weighted by Crippen LogP contribution is 2.29. The minimum atomic E-state index is 0.284. The van der Waals surface area contributed by atoms with Crippen molar-refractivity contribution in [3.05, 3.63) is 35.4 Å². The van der Waals surface area contributed by atoms with E-state index in [1.165, 1.54) is 11.1 Å². The van der Waals surface area contributed by atoms with Gasteiger partial charge in [0.15, 0.2) is 0 Å². The van der Waals surface area contributed by atoms with Gasteiger partial charge in [0.05, 0.1) is 0 Å². The number of rotatable bonds is 2. The Kier molecular flexibility index (Phi) is 2.85. The third kappa shape index (κ3) is 1.68. The Bertz CT molecular complexity index is 311. The maximum Gasteiger partial charge on any atom is 0.0477 e. The van der Waals surface area contributed by atoms with Gasteiger partial charge in [0, 0.05) is 31.5 Å². The Morgan fingerprint density at radius 2 is 2.14 bits per heavy atom. The molecule has 0 bridgehead atoms. The molecular weight excluding hydrogens is 174 g/mol. The minimum absolute atomic E-state index is 0.284. The normalized spacial score (nSPS) is 26.7. The summed E-state index contributed by atoms with van der Waals surface area (Å²) in [5.41, 5.74) is 2.72. The van der Waals surface area contributed by atoms with E-state index in [0.29, 0.717) is 11.8 Å². The van der Waals surface area contributed by atoms with Gasteiger partial charge < -0.3 is 10.4 Å². The summed E-state index contributed by atoms with van der Waals surface area (Å²) in [6.45, 7) is 4.36. The summed E-state index contributed by atoms with van der Waals surface area (Å²) in [6.07, 6.45) is 0. The molecule has 0 unspecified atom stereocenters. The van der Waals surface area contributed by atoms with Gasteiger partial charge in [-0.3, -0.25) is 0 Å². The Morgan fingerprint density at radius 1 is 1.36 bits per heavy atom. The second kappa shape index (κ2) is 4.11. The van der Waals surface area contributed by atoms with E-state index in [1.54, 1.807) is 0 Å². The molecule has 0 aromatic heterocycles. The first-order valence-corrected chi connectivity index (χ1v) is 5.20. The zero-order valence-electron chi connectivity index (χ0n) is 8.53. The summed E-state index contributed by atoms with van der Waals surface area (Å²) in [5.74, 6) is 0.872. The summed E-state index contributed by atoms with van der Waals surface area (Å²) >= 11 is 0. The quantitative estimate of drug-likeness (QED) is 0.738. The van der Waals surface area contributed by atoms with E-state index in [-0.39, 0.29) is 6.61 Å². The molecule has 2 rings (SSSR count). The lowest BCUT2D eigenvalue weighted by molar-refractivity contribution is 0.226. The van der Waals surface area contributed by atoms with E-state index in [9.17, 15) is 5.11 Å². The van der Waals surface area contributed by atoms with Crippen molar-refractivity contribution in [2.75, 3.05) is 19.7 Å². The van der Waals surface area contributed by atoms with Crippen LogP contribution in [0.5, 0.6) is 0 Å². The highest BCUT2D eigenvalue weighted by Gasteiger charge is 2.28. The number of aliphatic hydroxyl groups is 1. The third-order valence-electron chi connectivity index (χ3n) is 3.16. The molecule has 1 aromatic rings. The van der Waals surface area contributed by atoms with Crippen LogP contribution in [-0.4, -0.2) is 24.8 Å². The fraction of sp³-hybridized carbons (Fsp3) is 0.500. The molecular formula is C12H17NO. The molecule has 14 heavy (non-hydrogen) atoms. The van der Waals surface area contributed by atoms with Gasteiger partial charge in [-0.1, -0.05) is 24.3 Å². The molecule has 1 fully saturated rings. The Labute approximate surface area is 85.0 Å². The van der Waals surface area contributed by atoms with Crippen molar-refractivity contribution in [2.24, 2.45) is 5.92 Å². The molecule has 0 aliphatic carbocycles. The van der Waals surface area contributed by atoms with E-state index in [1.807, 2.05) is 0 Å². The molecule has 76 valence electrons. The topological polar surface area (TPSA) is 32.3 Å². The van der Waals surface area contributed by atoms with Gasteiger partial charge in [0.1, 0.15) is 0 Å². The Morgan fingerprint density at radius 3 is 2.86 bits per heavy atom. The van der Waals surface area contributed by atoms with Crippen LogP contribution in [0.15, 0.2) is 24.3 Å². The predicted octanol–water partition coefficient (Wildman–Crippen LogP) is 1.29. The predicted molar refractivity (Wildman–Crippen MR) is 57.4 cm³/mol. The van der Waals surface area contributed by atoms with Crippen LogP contribution in [0.25, 0.3) is 0 Å². The van der Waals surface area contributed by atoms with E-state index < -0.39 is 0 Å². The Balaban J connectivity index is 2.26. The molecule has 0 radical (unpaired) electrons. The number of benzene rings is 1. The van der Waals surface area contributed by atoms with Crippen LogP contribution in [0.4, 0.5) is 0 Å². The SMILES string of the molecule is Cc1ccccc1[C@H]1CNC[C@H]1CO. The second-order valence-corrected chi connectivity index (χ2v) is 4.06. The van der Waals surface area contributed by atoms with Crippen molar-refractivity contribution in [3.63, 3.8) is 0 Å². The summed E-state index contributed by atoms with van der Waals surface area (Å²) in [4.78, 5) is 0. The average molecular weight is 191 g/mol. The summed E-state index contributed by atoms with van der Waals surface area (Å²) in [6, 6.07) is 8.46. The second-order valence-electron chi connectivity index (χ2n) is 4.06. The monoisotopic (exact) mass is 191 g/mol. The first kappa shape index (κ1) is 9.69. The van der Waals surface area contributed by atoms with Crippen molar-refractivity contribution in [3.8, 4) is 0 Å². The van der Waals surface area contributed by atoms with Crippen molar-refractivity contribution < 1.29 is 5.11 Å². The van der Waals surface area contributed by atoms with Crippen molar-refractivity contribution in [1.29, 1.82) is 0 Å². The molecule has 2 atom stereocenters. The van der Waals surface area contributed by atoms with Crippen LogP contribution < -0.4 is 5.32 Å². The molecule has 0 spiro atoms. The number of aryl methyl sites for hydroxylation is 1. The molecule has 0 amide bonds. The van der Waals surface area contributed by atoms with Crippen LogP contribution in [0.2, 0.25) is 0 Å². The van der Waals surface area contributed by atoms with Gasteiger partial charge in [0.2, 0.25) is 0 Å². The van der Waals surface area contributed by atoms with E-state index in [4.69, 9.17) is 0 Å². The molecule has 1 aliphatic heterocycles. The van der Waals surface area contributed by atoms with Crippen molar-refractivity contribution in [2.45, 2.75) is 12.8 Å². The van der Waals surface area contributed by atoms with Crippen LogP contribution in [-0.2, 0) is 0 Å². The highest BCUT2D eigenvalue weighted by atomic mass is 16.3. The molecule has 2 N–H and O–H groups in total. The first-order chi connectivity index (χ1) is 6.83. The molecule has 1 aromatic carbocycles. The van der Waals surface area contributed by atoms with Crippen LogP contribution in [0, 0.1) is 12.8 Å². The maximum atomic E-state index is 9.25. The van der Waals surface area contributed by atoms with Crippen molar-refractivity contribution >= 4 is 0 Å². The van der Waals surface area contributed by atoms with E-state index >= 15 is 0 Å². The van der Waals surface area contributed by atoms with Gasteiger partial charge in [-0.05, 0) is 18.1 Å². The standard InChI is InChI=1S/C12H17NO/c1-9-4-2-3-5-11(9)12-7-13-6-10(12)8-14/h2-5,10,12-14H,6-8H2,1H3/t10-,12-/m0/s1. The lowest BCUT2D eigenvalue weighted by atomic mass is 9.87. The van der Waals surface area contributed by atoms with Gasteiger partial charge in [-0.25, -0.2) is 0 Å². The van der Waals surface area contributed by atoms with Gasteiger partial charge >= 0.3 is 0 Å². The van der Waals surface area contributed by atoms with Crippen LogP contribution in [0.1, 0.15) is 17.0 Å². The minimum Gasteiger partial charge on any atom is -0.396 e. The molecule has 1 heterocycles. The molecule has 2 heteroatoms. The van der Waals surface area contributed by atoms with Crippen LogP contribution in [0.3, 0.4) is 0 Å². The smallest absolute Gasteiger partial charge is 0.0477 e. The highest BCUT2D eigenvalue weighted by molar-refractivity contribution is 5.30.